The SMILES string of the molecule is CC(C)CCN(CCC(C)C)CC(C)(C)CO. The molecule has 17 heavy (non-hydrogen) atoms. The van der Waals surface area contributed by atoms with E-state index in [1.54, 1.807) is 0 Å². The van der Waals surface area contributed by atoms with E-state index in [1.807, 2.05) is 0 Å². The summed E-state index contributed by atoms with van der Waals surface area (Å²) in [7, 11) is 0. The van der Waals surface area contributed by atoms with Gasteiger partial charge in [0, 0.05) is 18.6 Å². The lowest BCUT2D eigenvalue weighted by Gasteiger charge is -2.32. The maximum absolute atomic E-state index is 9.37. The lowest BCUT2D eigenvalue weighted by molar-refractivity contribution is 0.0974. The predicted molar refractivity (Wildman–Crippen MR) is 76.2 cm³/mol. The summed E-state index contributed by atoms with van der Waals surface area (Å²) in [6.07, 6.45) is 2.50. The Labute approximate surface area is 108 Å². The Hall–Kier alpha value is -0.0800. The van der Waals surface area contributed by atoms with Crippen LogP contribution in [0.3, 0.4) is 0 Å². The van der Waals surface area contributed by atoms with Crippen molar-refractivity contribution in [3.63, 3.8) is 0 Å². The van der Waals surface area contributed by atoms with Gasteiger partial charge in [-0.25, -0.2) is 0 Å². The molecule has 0 aromatic carbocycles. The third-order valence-electron chi connectivity index (χ3n) is 3.13. The van der Waals surface area contributed by atoms with E-state index >= 15 is 0 Å². The maximum atomic E-state index is 9.37. The maximum Gasteiger partial charge on any atom is 0.0494 e. The largest absolute Gasteiger partial charge is 0.396 e. The number of hydrogen-bond acceptors (Lipinski definition) is 2. The molecule has 0 heterocycles. The van der Waals surface area contributed by atoms with Crippen molar-refractivity contribution in [2.24, 2.45) is 17.3 Å². The first-order valence-corrected chi connectivity index (χ1v) is 7.10. The topological polar surface area (TPSA) is 23.5 Å². The van der Waals surface area contributed by atoms with Crippen molar-refractivity contribution < 1.29 is 5.11 Å². The number of aliphatic hydroxyl groups excluding tert-OH is 1. The van der Waals surface area contributed by atoms with E-state index in [2.05, 4.69) is 46.4 Å². The van der Waals surface area contributed by atoms with Crippen LogP contribution < -0.4 is 0 Å². The smallest absolute Gasteiger partial charge is 0.0494 e. The Morgan fingerprint density at radius 1 is 0.941 bits per heavy atom. The van der Waals surface area contributed by atoms with Crippen molar-refractivity contribution in [1.29, 1.82) is 0 Å². The molecule has 0 rings (SSSR count). The number of nitrogens with zero attached hydrogens (tertiary/aromatic N) is 1. The molecule has 0 aliphatic heterocycles. The lowest BCUT2D eigenvalue weighted by atomic mass is 9.93. The van der Waals surface area contributed by atoms with Gasteiger partial charge < -0.3 is 10.0 Å². The van der Waals surface area contributed by atoms with Gasteiger partial charge in [-0.15, -0.1) is 0 Å². The second kappa shape index (κ2) is 8.10. The summed E-state index contributed by atoms with van der Waals surface area (Å²) in [6.45, 7) is 17.0. The van der Waals surface area contributed by atoms with Gasteiger partial charge in [-0.1, -0.05) is 41.5 Å². The first kappa shape index (κ1) is 16.9. The van der Waals surface area contributed by atoms with E-state index in [9.17, 15) is 5.11 Å². The zero-order chi connectivity index (χ0) is 13.5. The van der Waals surface area contributed by atoms with Crippen LogP contribution in [-0.4, -0.2) is 36.2 Å². The van der Waals surface area contributed by atoms with E-state index in [0.29, 0.717) is 0 Å². The minimum Gasteiger partial charge on any atom is -0.396 e. The van der Waals surface area contributed by atoms with E-state index < -0.39 is 0 Å². The minimum absolute atomic E-state index is 0.0218. The number of hydrogen-bond donors (Lipinski definition) is 1. The van der Waals surface area contributed by atoms with Gasteiger partial charge in [0.1, 0.15) is 0 Å². The van der Waals surface area contributed by atoms with Crippen LogP contribution in [-0.2, 0) is 0 Å². The monoisotopic (exact) mass is 243 g/mol. The fourth-order valence-electron chi connectivity index (χ4n) is 1.81. The molecule has 0 saturated heterocycles. The van der Waals surface area contributed by atoms with E-state index in [4.69, 9.17) is 0 Å². The van der Waals surface area contributed by atoms with Gasteiger partial charge in [0.25, 0.3) is 0 Å². The van der Waals surface area contributed by atoms with Gasteiger partial charge in [0.05, 0.1) is 0 Å². The summed E-state index contributed by atoms with van der Waals surface area (Å²) < 4.78 is 0. The quantitative estimate of drug-likeness (QED) is 0.671. The van der Waals surface area contributed by atoms with E-state index in [-0.39, 0.29) is 12.0 Å². The summed E-state index contributed by atoms with van der Waals surface area (Å²) in [4.78, 5) is 2.52. The van der Waals surface area contributed by atoms with Crippen molar-refractivity contribution >= 4 is 0 Å². The Morgan fingerprint density at radius 2 is 1.35 bits per heavy atom. The van der Waals surface area contributed by atoms with Crippen LogP contribution in [0.15, 0.2) is 0 Å². The van der Waals surface area contributed by atoms with Crippen LogP contribution in [0.2, 0.25) is 0 Å². The van der Waals surface area contributed by atoms with Crippen molar-refractivity contribution in [2.45, 2.75) is 54.4 Å². The molecule has 0 atom stereocenters. The van der Waals surface area contributed by atoms with Crippen LogP contribution in [0.25, 0.3) is 0 Å². The molecule has 1 N–H and O–H groups in total. The van der Waals surface area contributed by atoms with Crippen molar-refractivity contribution in [3.8, 4) is 0 Å². The average molecular weight is 243 g/mol. The molecule has 0 aromatic heterocycles. The molecule has 0 aliphatic carbocycles. The molecule has 2 heteroatoms. The summed E-state index contributed by atoms with van der Waals surface area (Å²) in [5, 5.41) is 9.37. The van der Waals surface area contributed by atoms with Crippen LogP contribution in [0, 0.1) is 17.3 Å². The molecule has 0 bridgehead atoms. The average Bonchev–Trinajstić information content (AvgIpc) is 2.21. The summed E-state index contributed by atoms with van der Waals surface area (Å²) in [5.74, 6) is 1.52. The zero-order valence-corrected chi connectivity index (χ0v) is 12.8. The van der Waals surface area contributed by atoms with Gasteiger partial charge in [0.2, 0.25) is 0 Å². The standard InChI is InChI=1S/C15H33NO/c1-13(2)7-9-16(10-8-14(3)4)11-15(5,6)12-17/h13-14,17H,7-12H2,1-6H3. The second-order valence-electron chi connectivity index (χ2n) is 6.96. The van der Waals surface area contributed by atoms with Crippen LogP contribution >= 0.6 is 0 Å². The summed E-state index contributed by atoms with van der Waals surface area (Å²) in [5.41, 5.74) is 0.0218. The second-order valence-corrected chi connectivity index (χ2v) is 6.96. The van der Waals surface area contributed by atoms with Gasteiger partial charge in [-0.05, 0) is 37.8 Å². The van der Waals surface area contributed by atoms with E-state index in [1.165, 1.54) is 12.8 Å². The highest BCUT2D eigenvalue weighted by molar-refractivity contribution is 4.73. The normalized spacial score (nSPS) is 13.1. The molecule has 0 aromatic rings. The first-order valence-electron chi connectivity index (χ1n) is 7.10. The molecule has 0 aliphatic rings. The Bertz CT molecular complexity index is 175. The molecule has 0 amide bonds. The third kappa shape index (κ3) is 9.61. The molecular weight excluding hydrogens is 210 g/mol. The van der Waals surface area contributed by atoms with Gasteiger partial charge in [-0.2, -0.15) is 0 Å². The molecule has 0 spiro atoms. The highest BCUT2D eigenvalue weighted by atomic mass is 16.3. The predicted octanol–water partition coefficient (Wildman–Crippen LogP) is 3.40. The van der Waals surface area contributed by atoms with E-state index in [0.717, 1.165) is 31.5 Å². The number of rotatable bonds is 9. The Balaban J connectivity index is 4.19. The zero-order valence-electron chi connectivity index (χ0n) is 12.8. The molecule has 0 saturated carbocycles. The van der Waals surface area contributed by atoms with Crippen LogP contribution in [0.5, 0.6) is 0 Å². The van der Waals surface area contributed by atoms with Gasteiger partial charge >= 0.3 is 0 Å². The van der Waals surface area contributed by atoms with Gasteiger partial charge in [-0.3, -0.25) is 0 Å². The van der Waals surface area contributed by atoms with Crippen molar-refractivity contribution in [3.05, 3.63) is 0 Å². The summed E-state index contributed by atoms with van der Waals surface area (Å²) >= 11 is 0. The molecule has 0 fully saturated rings. The fraction of sp³-hybridized carbons (Fsp3) is 1.00. The molecular formula is C15H33NO. The minimum atomic E-state index is 0.0218. The molecule has 0 radical (unpaired) electrons. The van der Waals surface area contributed by atoms with Crippen LogP contribution in [0.4, 0.5) is 0 Å². The fourth-order valence-corrected chi connectivity index (χ4v) is 1.81. The molecule has 2 nitrogen and oxygen atoms in total. The summed E-state index contributed by atoms with van der Waals surface area (Å²) in [6, 6.07) is 0. The van der Waals surface area contributed by atoms with Crippen molar-refractivity contribution in [1.82, 2.24) is 4.90 Å². The molecule has 0 unspecified atom stereocenters. The third-order valence-corrected chi connectivity index (χ3v) is 3.13. The highest BCUT2D eigenvalue weighted by Crippen LogP contribution is 2.17. The lowest BCUT2D eigenvalue weighted by Crippen LogP contribution is -2.38. The van der Waals surface area contributed by atoms with Gasteiger partial charge in [0.15, 0.2) is 0 Å². The Morgan fingerprint density at radius 3 is 1.65 bits per heavy atom. The molecule has 104 valence electrons. The number of aliphatic hydroxyl groups is 1. The Kier molecular flexibility index (Phi) is 8.06. The highest BCUT2D eigenvalue weighted by Gasteiger charge is 2.20. The van der Waals surface area contributed by atoms with Crippen LogP contribution in [0.1, 0.15) is 54.4 Å². The van der Waals surface area contributed by atoms with Crippen molar-refractivity contribution in [2.75, 3.05) is 26.2 Å². The first-order chi connectivity index (χ1) is 7.76.